The van der Waals surface area contributed by atoms with Gasteiger partial charge in [-0.15, -0.1) is 0 Å². The normalized spacial score (nSPS) is 10.5. The summed E-state index contributed by atoms with van der Waals surface area (Å²) in [5.41, 5.74) is 2.38. The van der Waals surface area contributed by atoms with E-state index in [1.165, 1.54) is 6.20 Å². The quantitative estimate of drug-likeness (QED) is 0.901. The Bertz CT molecular complexity index is 623. The first kappa shape index (κ1) is 14.1. The molecule has 2 aromatic rings. The molecule has 1 heterocycles. The molecule has 0 bridgehead atoms. The number of nitrogens with one attached hydrogen (secondary N) is 2. The molecule has 0 fully saturated rings. The minimum absolute atomic E-state index is 0.334. The number of halogens is 1. The Kier molecular flexibility index (Phi) is 4.74. The fraction of sp³-hybridized carbons (Fsp3) is 0.0667. The summed E-state index contributed by atoms with van der Waals surface area (Å²) in [6, 6.07) is 10.7. The molecular formula is C15H14ClN3O. The van der Waals surface area contributed by atoms with Crippen molar-refractivity contribution in [2.24, 2.45) is 0 Å². The summed E-state index contributed by atoms with van der Waals surface area (Å²) < 4.78 is 0. The van der Waals surface area contributed by atoms with Crippen LogP contribution >= 0.6 is 11.6 Å². The van der Waals surface area contributed by atoms with Gasteiger partial charge in [-0.05, 0) is 36.8 Å². The number of aryl methyl sites for hydroxylation is 1. The summed E-state index contributed by atoms with van der Waals surface area (Å²) in [7, 11) is 0. The Hall–Kier alpha value is -2.33. The third-order valence-electron chi connectivity index (χ3n) is 2.55. The molecular weight excluding hydrogens is 274 g/mol. The minimum atomic E-state index is -0.334. The van der Waals surface area contributed by atoms with Crippen molar-refractivity contribution >= 4 is 29.4 Å². The topological polar surface area (TPSA) is 54.0 Å². The van der Waals surface area contributed by atoms with Gasteiger partial charge in [-0.1, -0.05) is 29.8 Å². The molecule has 0 aliphatic carbocycles. The second-order valence-electron chi connectivity index (χ2n) is 4.14. The number of rotatable bonds is 3. The van der Waals surface area contributed by atoms with Gasteiger partial charge in [0.05, 0.1) is 11.9 Å². The van der Waals surface area contributed by atoms with Crippen LogP contribution in [0, 0.1) is 6.92 Å². The molecule has 2 N–H and O–H groups in total. The van der Waals surface area contributed by atoms with E-state index in [-0.39, 0.29) is 6.03 Å². The first-order chi connectivity index (χ1) is 9.65. The maximum Gasteiger partial charge on any atom is 0.323 e. The Morgan fingerprint density at radius 2 is 2.05 bits per heavy atom. The van der Waals surface area contributed by atoms with Gasteiger partial charge in [-0.2, -0.15) is 0 Å². The van der Waals surface area contributed by atoms with Crippen molar-refractivity contribution in [2.45, 2.75) is 6.92 Å². The number of nitrogens with zero attached hydrogens (tertiary/aromatic N) is 1. The Morgan fingerprint density at radius 3 is 2.75 bits per heavy atom. The van der Waals surface area contributed by atoms with Crippen molar-refractivity contribution in [1.82, 2.24) is 10.3 Å². The predicted octanol–water partition coefficient (Wildman–Crippen LogP) is 3.84. The summed E-state index contributed by atoms with van der Waals surface area (Å²) in [5.74, 6) is 0. The second kappa shape index (κ2) is 6.73. The van der Waals surface area contributed by atoms with E-state index < -0.39 is 0 Å². The maximum atomic E-state index is 11.6. The zero-order chi connectivity index (χ0) is 14.4. The SMILES string of the molecule is Cc1ccc(NC(=O)N/C=C/c2ccccc2Cl)cn1. The number of carbonyl (C=O) groups excluding carboxylic acids is 1. The number of aromatic nitrogens is 1. The molecule has 2 amide bonds. The van der Waals surface area contributed by atoms with Crippen molar-refractivity contribution in [1.29, 1.82) is 0 Å². The number of amides is 2. The van der Waals surface area contributed by atoms with E-state index in [9.17, 15) is 4.79 Å². The maximum absolute atomic E-state index is 11.6. The third kappa shape index (κ3) is 4.10. The van der Waals surface area contributed by atoms with Crippen molar-refractivity contribution in [3.63, 3.8) is 0 Å². The van der Waals surface area contributed by atoms with Crippen LogP contribution in [0.25, 0.3) is 6.08 Å². The largest absolute Gasteiger partial charge is 0.323 e. The molecule has 0 saturated heterocycles. The van der Waals surface area contributed by atoms with Gasteiger partial charge in [0, 0.05) is 16.9 Å². The van der Waals surface area contributed by atoms with Gasteiger partial charge < -0.3 is 10.6 Å². The lowest BCUT2D eigenvalue weighted by Gasteiger charge is -2.04. The molecule has 102 valence electrons. The molecule has 20 heavy (non-hydrogen) atoms. The van der Waals surface area contributed by atoms with E-state index in [0.29, 0.717) is 10.7 Å². The van der Waals surface area contributed by atoms with Gasteiger partial charge in [0.2, 0.25) is 0 Å². The molecule has 0 aliphatic rings. The standard InChI is InChI=1S/C15H14ClN3O/c1-11-6-7-13(10-18-11)19-15(20)17-9-8-12-4-2-3-5-14(12)16/h2-10H,1H3,(H2,17,19,20)/b9-8+. The van der Waals surface area contributed by atoms with Gasteiger partial charge in [0.25, 0.3) is 0 Å². The highest BCUT2D eigenvalue weighted by Gasteiger charge is 1.99. The Balaban J connectivity index is 1.89. The van der Waals surface area contributed by atoms with Crippen LogP contribution in [-0.2, 0) is 0 Å². The summed E-state index contributed by atoms with van der Waals surface area (Å²) in [6.45, 7) is 1.89. The molecule has 0 radical (unpaired) electrons. The lowest BCUT2D eigenvalue weighted by Crippen LogP contribution is -2.23. The molecule has 4 nitrogen and oxygen atoms in total. The zero-order valence-corrected chi connectivity index (χ0v) is 11.7. The van der Waals surface area contributed by atoms with Gasteiger partial charge in [-0.25, -0.2) is 4.79 Å². The second-order valence-corrected chi connectivity index (χ2v) is 4.55. The van der Waals surface area contributed by atoms with Crippen molar-refractivity contribution in [3.8, 4) is 0 Å². The lowest BCUT2D eigenvalue weighted by molar-refractivity contribution is 0.255. The molecule has 0 saturated carbocycles. The van der Waals surface area contributed by atoms with E-state index in [1.807, 2.05) is 31.2 Å². The van der Waals surface area contributed by atoms with Crippen LogP contribution in [0.4, 0.5) is 10.5 Å². The molecule has 1 aromatic carbocycles. The highest BCUT2D eigenvalue weighted by Crippen LogP contribution is 2.15. The van der Waals surface area contributed by atoms with Crippen LogP contribution in [0.1, 0.15) is 11.3 Å². The van der Waals surface area contributed by atoms with Crippen molar-refractivity contribution in [3.05, 3.63) is 65.1 Å². The summed E-state index contributed by atoms with van der Waals surface area (Å²) in [6.07, 6.45) is 4.88. The van der Waals surface area contributed by atoms with Crippen molar-refractivity contribution in [2.75, 3.05) is 5.32 Å². The number of pyridine rings is 1. The number of hydrogen-bond acceptors (Lipinski definition) is 2. The number of urea groups is 1. The molecule has 0 atom stereocenters. The van der Waals surface area contributed by atoms with E-state index in [4.69, 9.17) is 11.6 Å². The fourth-order valence-corrected chi connectivity index (χ4v) is 1.73. The number of benzene rings is 1. The average molecular weight is 288 g/mol. The van der Waals surface area contributed by atoms with E-state index in [2.05, 4.69) is 15.6 Å². The van der Waals surface area contributed by atoms with E-state index in [1.54, 1.807) is 24.4 Å². The third-order valence-corrected chi connectivity index (χ3v) is 2.90. The van der Waals surface area contributed by atoms with Crippen LogP contribution in [0.5, 0.6) is 0 Å². The Morgan fingerprint density at radius 1 is 1.25 bits per heavy atom. The van der Waals surface area contributed by atoms with Gasteiger partial charge in [0.15, 0.2) is 0 Å². The lowest BCUT2D eigenvalue weighted by atomic mass is 10.2. The molecule has 0 aliphatic heterocycles. The smallest absolute Gasteiger partial charge is 0.314 e. The van der Waals surface area contributed by atoms with Crippen molar-refractivity contribution < 1.29 is 4.79 Å². The van der Waals surface area contributed by atoms with Gasteiger partial charge in [-0.3, -0.25) is 4.98 Å². The van der Waals surface area contributed by atoms with Gasteiger partial charge >= 0.3 is 6.03 Å². The van der Waals surface area contributed by atoms with E-state index >= 15 is 0 Å². The molecule has 0 spiro atoms. The molecule has 2 rings (SSSR count). The Labute approximate surface area is 122 Å². The number of anilines is 1. The number of carbonyl (C=O) groups is 1. The first-order valence-corrected chi connectivity index (χ1v) is 6.44. The summed E-state index contributed by atoms with van der Waals surface area (Å²) >= 11 is 6.00. The first-order valence-electron chi connectivity index (χ1n) is 6.06. The summed E-state index contributed by atoms with van der Waals surface area (Å²) in [5, 5.41) is 5.91. The number of hydrogen-bond donors (Lipinski definition) is 2. The highest BCUT2D eigenvalue weighted by molar-refractivity contribution is 6.32. The van der Waals surface area contributed by atoms with Crippen LogP contribution in [-0.4, -0.2) is 11.0 Å². The average Bonchev–Trinajstić information content (AvgIpc) is 2.43. The van der Waals surface area contributed by atoms with Crippen LogP contribution < -0.4 is 10.6 Å². The highest BCUT2D eigenvalue weighted by atomic mass is 35.5. The molecule has 1 aromatic heterocycles. The van der Waals surface area contributed by atoms with Crippen LogP contribution in [0.15, 0.2) is 48.8 Å². The molecule has 5 heteroatoms. The fourth-order valence-electron chi connectivity index (χ4n) is 1.53. The minimum Gasteiger partial charge on any atom is -0.314 e. The predicted molar refractivity (Wildman–Crippen MR) is 81.6 cm³/mol. The van der Waals surface area contributed by atoms with Crippen LogP contribution in [0.2, 0.25) is 5.02 Å². The van der Waals surface area contributed by atoms with Gasteiger partial charge in [0.1, 0.15) is 0 Å². The van der Waals surface area contributed by atoms with E-state index in [0.717, 1.165) is 11.3 Å². The summed E-state index contributed by atoms with van der Waals surface area (Å²) in [4.78, 5) is 15.7. The molecule has 0 unspecified atom stereocenters. The monoisotopic (exact) mass is 287 g/mol. The zero-order valence-electron chi connectivity index (χ0n) is 10.9. The van der Waals surface area contributed by atoms with Crippen LogP contribution in [0.3, 0.4) is 0 Å².